The second kappa shape index (κ2) is 13.3. The van der Waals surface area contributed by atoms with Gasteiger partial charge in [-0.25, -0.2) is 24.9 Å². The molecule has 54 heavy (non-hydrogen) atoms. The Morgan fingerprint density at radius 1 is 0.222 bits per heavy atom. The quantitative estimate of drug-likeness (QED) is 0.163. The number of hydrogen-bond donors (Lipinski definition) is 0. The maximum Gasteiger partial charge on any atom is 0.164 e. The molecule has 0 aliphatic heterocycles. The Morgan fingerprint density at radius 3 is 1.22 bits per heavy atom. The Labute approximate surface area is 312 Å². The van der Waals surface area contributed by atoms with Crippen LogP contribution in [0.4, 0.5) is 0 Å². The van der Waals surface area contributed by atoms with Gasteiger partial charge in [-0.05, 0) is 52.2 Å². The predicted molar refractivity (Wildman–Crippen MR) is 221 cm³/mol. The lowest BCUT2D eigenvalue weighted by molar-refractivity contribution is 1.07. The molecule has 3 aromatic heterocycles. The molecular formula is C49H31N5. The van der Waals surface area contributed by atoms with Gasteiger partial charge in [-0.15, -0.1) is 0 Å². The number of rotatable bonds is 6. The first-order valence-electron chi connectivity index (χ1n) is 18.0. The first kappa shape index (κ1) is 31.4. The van der Waals surface area contributed by atoms with Crippen LogP contribution in [-0.4, -0.2) is 24.9 Å². The van der Waals surface area contributed by atoms with E-state index in [1.54, 1.807) is 0 Å². The van der Waals surface area contributed by atoms with Crippen molar-refractivity contribution in [2.24, 2.45) is 0 Å². The van der Waals surface area contributed by atoms with Crippen LogP contribution in [-0.2, 0) is 0 Å². The lowest BCUT2D eigenvalue weighted by Gasteiger charge is -2.11. The summed E-state index contributed by atoms with van der Waals surface area (Å²) in [5.74, 6) is 1.86. The maximum absolute atomic E-state index is 5.25. The Bertz CT molecular complexity index is 2940. The zero-order valence-corrected chi connectivity index (χ0v) is 29.1. The van der Waals surface area contributed by atoms with E-state index in [0.29, 0.717) is 17.5 Å². The molecule has 0 bridgehead atoms. The minimum Gasteiger partial charge on any atom is -0.245 e. The first-order valence-corrected chi connectivity index (χ1v) is 18.0. The summed E-state index contributed by atoms with van der Waals surface area (Å²) in [5, 5.41) is 4.54. The number of benzene rings is 7. The minimum atomic E-state index is 0.605. The molecule has 0 saturated heterocycles. The molecule has 0 aliphatic rings. The van der Waals surface area contributed by atoms with E-state index in [-0.39, 0.29) is 0 Å². The third kappa shape index (κ3) is 5.94. The summed E-state index contributed by atoms with van der Waals surface area (Å²) >= 11 is 0. The van der Waals surface area contributed by atoms with E-state index in [2.05, 4.69) is 115 Å². The van der Waals surface area contributed by atoms with E-state index in [0.717, 1.165) is 66.6 Å². The van der Waals surface area contributed by atoms with Gasteiger partial charge in [0.2, 0.25) is 0 Å². The fourth-order valence-electron chi connectivity index (χ4n) is 7.07. The highest BCUT2D eigenvalue weighted by Crippen LogP contribution is 2.33. The van der Waals surface area contributed by atoms with Crippen LogP contribution >= 0.6 is 0 Å². The van der Waals surface area contributed by atoms with Gasteiger partial charge in [0, 0.05) is 38.6 Å². The molecule has 0 unspecified atom stereocenters. The molecule has 0 saturated carbocycles. The average Bonchev–Trinajstić information content (AvgIpc) is 3.26. The molecule has 0 aliphatic carbocycles. The molecule has 5 heteroatoms. The van der Waals surface area contributed by atoms with Crippen LogP contribution in [0.5, 0.6) is 0 Å². The fraction of sp³-hybridized carbons (Fsp3) is 0. The first-order chi connectivity index (χ1) is 26.7. The average molecular weight is 690 g/mol. The van der Waals surface area contributed by atoms with Crippen molar-refractivity contribution < 1.29 is 0 Å². The van der Waals surface area contributed by atoms with Crippen LogP contribution in [0.1, 0.15) is 0 Å². The molecule has 0 radical (unpaired) electrons. The third-order valence-electron chi connectivity index (χ3n) is 9.88. The van der Waals surface area contributed by atoms with Gasteiger partial charge in [-0.3, -0.25) is 0 Å². The third-order valence-corrected chi connectivity index (χ3v) is 9.88. The summed E-state index contributed by atoms with van der Waals surface area (Å²) in [7, 11) is 0. The van der Waals surface area contributed by atoms with E-state index in [1.807, 2.05) is 72.8 Å². The Morgan fingerprint density at radius 2 is 0.630 bits per heavy atom. The second-order valence-electron chi connectivity index (χ2n) is 13.4. The lowest BCUT2D eigenvalue weighted by Crippen LogP contribution is -2.00. The van der Waals surface area contributed by atoms with Gasteiger partial charge in [0.15, 0.2) is 17.5 Å². The molecule has 0 spiro atoms. The van der Waals surface area contributed by atoms with E-state index >= 15 is 0 Å². The van der Waals surface area contributed by atoms with Crippen molar-refractivity contribution in [3.8, 4) is 67.8 Å². The van der Waals surface area contributed by atoms with Crippen LogP contribution in [0, 0.1) is 0 Å². The molecule has 10 rings (SSSR count). The van der Waals surface area contributed by atoms with E-state index in [1.165, 1.54) is 16.3 Å². The predicted octanol–water partition coefficient (Wildman–Crippen LogP) is 12.1. The molecule has 3 heterocycles. The molecule has 0 fully saturated rings. The van der Waals surface area contributed by atoms with Crippen LogP contribution in [0.2, 0.25) is 0 Å². The number of pyridine rings is 2. The van der Waals surface area contributed by atoms with Crippen LogP contribution in [0.3, 0.4) is 0 Å². The van der Waals surface area contributed by atoms with E-state index in [4.69, 9.17) is 24.9 Å². The molecular weight excluding hydrogens is 659 g/mol. The highest BCUT2D eigenvalue weighted by Gasteiger charge is 2.14. The lowest BCUT2D eigenvalue weighted by atomic mass is 9.98. The summed E-state index contributed by atoms with van der Waals surface area (Å²) in [6.07, 6.45) is 0. The normalized spacial score (nSPS) is 11.3. The summed E-state index contributed by atoms with van der Waals surface area (Å²) in [5.41, 5.74) is 10.6. The molecule has 7 aromatic carbocycles. The number of aromatic nitrogens is 5. The van der Waals surface area contributed by atoms with Gasteiger partial charge in [0.1, 0.15) is 0 Å². The second-order valence-corrected chi connectivity index (χ2v) is 13.4. The van der Waals surface area contributed by atoms with Gasteiger partial charge < -0.3 is 0 Å². The molecule has 0 amide bonds. The van der Waals surface area contributed by atoms with Crippen molar-refractivity contribution in [3.05, 3.63) is 188 Å². The van der Waals surface area contributed by atoms with Crippen molar-refractivity contribution >= 4 is 32.6 Å². The van der Waals surface area contributed by atoms with Crippen molar-refractivity contribution in [2.45, 2.75) is 0 Å². The minimum absolute atomic E-state index is 0.605. The largest absolute Gasteiger partial charge is 0.245 e. The van der Waals surface area contributed by atoms with Gasteiger partial charge in [-0.1, -0.05) is 158 Å². The van der Waals surface area contributed by atoms with E-state index < -0.39 is 0 Å². The Kier molecular flexibility index (Phi) is 7.73. The van der Waals surface area contributed by atoms with Crippen LogP contribution < -0.4 is 0 Å². The van der Waals surface area contributed by atoms with E-state index in [9.17, 15) is 0 Å². The van der Waals surface area contributed by atoms with Crippen molar-refractivity contribution in [1.82, 2.24) is 24.9 Å². The molecule has 252 valence electrons. The van der Waals surface area contributed by atoms with Crippen LogP contribution in [0.25, 0.3) is 100 Å². The van der Waals surface area contributed by atoms with Crippen molar-refractivity contribution in [3.63, 3.8) is 0 Å². The standard InChI is InChI=1S/C49H31N5/c1-3-12-35(13-4-1)47-52-48(36-14-5-2-6-15-36)54-49(53-47)42-20-10-19-41(31-42)44-28-26-34-23-22-33-25-27-43(50-45(33)46(34)51-44)40-18-9-17-38(30-40)39-24-21-32-11-7-8-16-37(32)29-39/h1-31H. The number of hydrogen-bond acceptors (Lipinski definition) is 5. The zero-order chi connectivity index (χ0) is 35.8. The molecule has 0 atom stereocenters. The number of fused-ring (bicyclic) bond motifs is 4. The molecule has 5 nitrogen and oxygen atoms in total. The zero-order valence-electron chi connectivity index (χ0n) is 29.1. The highest BCUT2D eigenvalue weighted by molar-refractivity contribution is 6.04. The monoisotopic (exact) mass is 689 g/mol. The Balaban J connectivity index is 1.04. The summed E-state index contributed by atoms with van der Waals surface area (Å²) in [6, 6.07) is 64.7. The molecule has 0 N–H and O–H groups in total. The van der Waals surface area contributed by atoms with Gasteiger partial charge in [0.05, 0.1) is 22.4 Å². The fourth-order valence-corrected chi connectivity index (χ4v) is 7.07. The molecule has 10 aromatic rings. The van der Waals surface area contributed by atoms with Gasteiger partial charge in [-0.2, -0.15) is 0 Å². The van der Waals surface area contributed by atoms with Crippen LogP contribution in [0.15, 0.2) is 188 Å². The summed E-state index contributed by atoms with van der Waals surface area (Å²) in [4.78, 5) is 25.3. The van der Waals surface area contributed by atoms with Crippen molar-refractivity contribution in [1.29, 1.82) is 0 Å². The maximum atomic E-state index is 5.25. The van der Waals surface area contributed by atoms with Crippen molar-refractivity contribution in [2.75, 3.05) is 0 Å². The SMILES string of the molecule is c1ccc(-c2nc(-c3ccccc3)nc(-c3cccc(-c4ccc5ccc6ccc(-c7cccc(-c8ccc9ccccc9c8)c7)nc6c5n4)c3)n2)cc1. The highest BCUT2D eigenvalue weighted by atomic mass is 15.0. The Hall–Kier alpha value is -7.37. The summed E-state index contributed by atoms with van der Waals surface area (Å²) < 4.78 is 0. The van der Waals surface area contributed by atoms with Gasteiger partial charge >= 0.3 is 0 Å². The number of nitrogens with zero attached hydrogens (tertiary/aromatic N) is 5. The van der Waals surface area contributed by atoms with Gasteiger partial charge in [0.25, 0.3) is 0 Å². The topological polar surface area (TPSA) is 64.5 Å². The summed E-state index contributed by atoms with van der Waals surface area (Å²) in [6.45, 7) is 0. The smallest absolute Gasteiger partial charge is 0.164 e.